The maximum absolute atomic E-state index is 12.3. The summed E-state index contributed by atoms with van der Waals surface area (Å²) >= 11 is 0. The van der Waals surface area contributed by atoms with E-state index in [1.807, 2.05) is 36.4 Å². The fourth-order valence-corrected chi connectivity index (χ4v) is 4.24. The van der Waals surface area contributed by atoms with E-state index in [1.165, 1.54) is 0 Å². The van der Waals surface area contributed by atoms with Crippen LogP contribution in [-0.2, 0) is 25.3 Å². The smallest absolute Gasteiger partial charge is 0.192 e. The van der Waals surface area contributed by atoms with E-state index in [9.17, 15) is 4.79 Å². The molecular formula is C22H34O4Si. The molecule has 1 heterocycles. The standard InChI is InChI=1S/C22H34O4Si/c1-16-19(26-27(6,7)22(3,4)5)13-14-24-20(16)21(17(2)23)25-15-18-11-9-8-10-12-18/h8-14,16,19-21H,15H2,1-7H3/t16-,19+,20-,21-/m1/s1. The van der Waals surface area contributed by atoms with Crippen molar-refractivity contribution in [2.45, 2.75) is 77.7 Å². The molecule has 4 nitrogen and oxygen atoms in total. The molecule has 1 aliphatic rings. The number of hydrogen-bond donors (Lipinski definition) is 0. The fraction of sp³-hybridized carbons (Fsp3) is 0.591. The minimum absolute atomic E-state index is 0.0220. The third kappa shape index (κ3) is 5.53. The largest absolute Gasteiger partial charge is 0.495 e. The van der Waals surface area contributed by atoms with E-state index < -0.39 is 14.4 Å². The van der Waals surface area contributed by atoms with Crippen LogP contribution in [0.3, 0.4) is 0 Å². The van der Waals surface area contributed by atoms with Crippen molar-refractivity contribution in [2.24, 2.45) is 5.92 Å². The predicted octanol–water partition coefficient (Wildman–Crippen LogP) is 5.10. The summed E-state index contributed by atoms with van der Waals surface area (Å²) in [5.41, 5.74) is 1.04. The van der Waals surface area contributed by atoms with Crippen LogP contribution in [0.15, 0.2) is 42.7 Å². The second-order valence-electron chi connectivity index (χ2n) is 8.96. The number of ether oxygens (including phenoxy) is 2. The molecule has 0 aromatic heterocycles. The van der Waals surface area contributed by atoms with Crippen LogP contribution < -0.4 is 0 Å². The molecule has 0 spiro atoms. The Morgan fingerprint density at radius 1 is 1.22 bits per heavy atom. The van der Waals surface area contributed by atoms with Crippen LogP contribution in [0.2, 0.25) is 18.1 Å². The molecule has 150 valence electrons. The zero-order chi connectivity index (χ0) is 20.2. The van der Waals surface area contributed by atoms with E-state index in [0.29, 0.717) is 6.61 Å². The van der Waals surface area contributed by atoms with Gasteiger partial charge in [-0.1, -0.05) is 58.0 Å². The van der Waals surface area contributed by atoms with E-state index >= 15 is 0 Å². The van der Waals surface area contributed by atoms with Crippen molar-refractivity contribution in [3.63, 3.8) is 0 Å². The Hall–Kier alpha value is -1.43. The van der Waals surface area contributed by atoms with Crippen molar-refractivity contribution in [1.29, 1.82) is 0 Å². The Morgan fingerprint density at radius 2 is 1.85 bits per heavy atom. The number of carbonyl (C=O) groups excluding carboxylic acids is 1. The van der Waals surface area contributed by atoms with Gasteiger partial charge in [-0.3, -0.25) is 4.79 Å². The van der Waals surface area contributed by atoms with E-state index in [1.54, 1.807) is 13.2 Å². The summed E-state index contributed by atoms with van der Waals surface area (Å²) in [5.74, 6) is -0.00189. The number of benzene rings is 1. The van der Waals surface area contributed by atoms with Crippen molar-refractivity contribution in [3.8, 4) is 0 Å². The number of ketones is 1. The number of Topliss-reactive ketones (excluding diaryl/α,β-unsaturated/α-hetero) is 1. The summed E-state index contributed by atoms with van der Waals surface area (Å²) in [5, 5.41) is 0.123. The van der Waals surface area contributed by atoms with Gasteiger partial charge in [0.2, 0.25) is 0 Å². The summed E-state index contributed by atoms with van der Waals surface area (Å²) in [4.78, 5) is 12.3. The van der Waals surface area contributed by atoms with Crippen LogP contribution in [0.5, 0.6) is 0 Å². The van der Waals surface area contributed by atoms with Gasteiger partial charge < -0.3 is 13.9 Å². The quantitative estimate of drug-likeness (QED) is 0.608. The minimum Gasteiger partial charge on any atom is -0.495 e. The summed E-state index contributed by atoms with van der Waals surface area (Å²) in [6.45, 7) is 15.2. The molecule has 0 aliphatic carbocycles. The van der Waals surface area contributed by atoms with Gasteiger partial charge in [0.1, 0.15) is 6.10 Å². The van der Waals surface area contributed by atoms with Gasteiger partial charge in [-0.2, -0.15) is 0 Å². The van der Waals surface area contributed by atoms with Crippen LogP contribution in [0.1, 0.15) is 40.2 Å². The molecule has 0 unspecified atom stereocenters. The molecule has 4 atom stereocenters. The molecule has 27 heavy (non-hydrogen) atoms. The number of carbonyl (C=O) groups is 1. The average Bonchev–Trinajstić information content (AvgIpc) is 2.57. The van der Waals surface area contributed by atoms with E-state index in [4.69, 9.17) is 13.9 Å². The molecule has 1 aromatic rings. The van der Waals surface area contributed by atoms with Crippen molar-refractivity contribution in [3.05, 3.63) is 48.2 Å². The van der Waals surface area contributed by atoms with Gasteiger partial charge in [-0.15, -0.1) is 0 Å². The Morgan fingerprint density at radius 3 is 2.41 bits per heavy atom. The van der Waals surface area contributed by atoms with Crippen LogP contribution in [0, 0.1) is 5.92 Å². The van der Waals surface area contributed by atoms with Gasteiger partial charge in [0.05, 0.1) is 19.0 Å². The van der Waals surface area contributed by atoms with E-state index in [0.717, 1.165) is 5.56 Å². The lowest BCUT2D eigenvalue weighted by molar-refractivity contribution is -0.145. The van der Waals surface area contributed by atoms with Crippen LogP contribution >= 0.6 is 0 Å². The lowest BCUT2D eigenvalue weighted by atomic mass is 9.91. The first kappa shape index (κ1) is 21.9. The molecule has 1 aromatic carbocycles. The first-order valence-electron chi connectivity index (χ1n) is 9.69. The predicted molar refractivity (Wildman–Crippen MR) is 111 cm³/mol. The second-order valence-corrected chi connectivity index (χ2v) is 13.7. The normalized spacial score (nSPS) is 24.3. The molecule has 0 amide bonds. The van der Waals surface area contributed by atoms with Gasteiger partial charge in [0.25, 0.3) is 0 Å². The number of rotatable bonds is 7. The van der Waals surface area contributed by atoms with Gasteiger partial charge in [-0.05, 0) is 36.7 Å². The van der Waals surface area contributed by atoms with Crippen LogP contribution in [0.25, 0.3) is 0 Å². The van der Waals surface area contributed by atoms with Crippen molar-refractivity contribution in [2.75, 3.05) is 0 Å². The van der Waals surface area contributed by atoms with Crippen molar-refractivity contribution in [1.82, 2.24) is 0 Å². The maximum atomic E-state index is 12.3. The second kappa shape index (κ2) is 8.72. The van der Waals surface area contributed by atoms with Crippen LogP contribution in [0.4, 0.5) is 0 Å². The topological polar surface area (TPSA) is 44.8 Å². The molecule has 2 rings (SSSR count). The van der Waals surface area contributed by atoms with Gasteiger partial charge in [0.15, 0.2) is 20.2 Å². The van der Waals surface area contributed by atoms with E-state index in [-0.39, 0.29) is 28.9 Å². The van der Waals surface area contributed by atoms with Crippen molar-refractivity contribution >= 4 is 14.1 Å². The van der Waals surface area contributed by atoms with Gasteiger partial charge in [-0.25, -0.2) is 0 Å². The third-order valence-corrected chi connectivity index (χ3v) is 10.2. The third-order valence-electron chi connectivity index (χ3n) is 5.75. The molecule has 0 saturated heterocycles. The average molecular weight is 391 g/mol. The molecule has 0 radical (unpaired) electrons. The summed E-state index contributed by atoms with van der Waals surface area (Å²) in [6, 6.07) is 9.88. The lowest BCUT2D eigenvalue weighted by Crippen LogP contribution is -2.51. The Bertz CT molecular complexity index is 648. The molecular weight excluding hydrogens is 356 g/mol. The summed E-state index contributed by atoms with van der Waals surface area (Å²) in [6.07, 6.45) is 2.59. The van der Waals surface area contributed by atoms with Crippen LogP contribution in [-0.4, -0.2) is 32.4 Å². The summed E-state index contributed by atoms with van der Waals surface area (Å²) < 4.78 is 18.4. The first-order chi connectivity index (χ1) is 12.5. The molecule has 5 heteroatoms. The zero-order valence-electron chi connectivity index (χ0n) is 17.7. The lowest BCUT2D eigenvalue weighted by Gasteiger charge is -2.43. The van der Waals surface area contributed by atoms with Gasteiger partial charge >= 0.3 is 0 Å². The Kier molecular flexibility index (Phi) is 7.06. The highest BCUT2D eigenvalue weighted by molar-refractivity contribution is 6.74. The molecule has 0 fully saturated rings. The van der Waals surface area contributed by atoms with E-state index in [2.05, 4.69) is 40.8 Å². The maximum Gasteiger partial charge on any atom is 0.192 e. The Balaban J connectivity index is 2.11. The fourth-order valence-electron chi connectivity index (χ4n) is 2.91. The molecule has 0 N–H and O–H groups in total. The highest BCUT2D eigenvalue weighted by atomic mass is 28.4. The van der Waals surface area contributed by atoms with Crippen molar-refractivity contribution < 1.29 is 18.7 Å². The first-order valence-corrected chi connectivity index (χ1v) is 12.6. The zero-order valence-corrected chi connectivity index (χ0v) is 18.7. The SMILES string of the molecule is CC(=O)[C@@H](OCc1ccccc1)[C@@H]1OC=C[C@H](O[Si](C)(C)C(C)(C)C)[C@H]1C. The summed E-state index contributed by atoms with van der Waals surface area (Å²) in [7, 11) is -1.93. The number of hydrogen-bond acceptors (Lipinski definition) is 4. The molecule has 0 bridgehead atoms. The molecule has 1 aliphatic heterocycles. The minimum atomic E-state index is -1.93. The molecule has 0 saturated carbocycles. The monoisotopic (exact) mass is 390 g/mol. The Labute approximate surface area is 165 Å². The van der Waals surface area contributed by atoms with Gasteiger partial charge in [0, 0.05) is 5.92 Å². The highest BCUT2D eigenvalue weighted by Gasteiger charge is 2.44. The highest BCUT2D eigenvalue weighted by Crippen LogP contribution is 2.39.